The molecule has 0 aliphatic carbocycles. The monoisotopic (exact) mass is 413 g/mol. The number of nitrogens with one attached hydrogen (secondary N) is 3. The van der Waals surface area contributed by atoms with E-state index in [1.807, 2.05) is 0 Å². The number of carbonyl (C=O) groups excluding carboxylic acids is 1. The van der Waals surface area contributed by atoms with Crippen LogP contribution in [0, 0.1) is 10.1 Å². The van der Waals surface area contributed by atoms with Crippen LogP contribution in [0.4, 0.5) is 27.7 Å². The molecule has 2 amide bonds. The van der Waals surface area contributed by atoms with Gasteiger partial charge in [-0.1, -0.05) is 12.1 Å². The number of carbonyl (C=O) groups is 1. The maximum Gasteiger partial charge on any atom is 0.323 e. The van der Waals surface area contributed by atoms with Gasteiger partial charge in [-0.15, -0.1) is 0 Å². The number of nitrogens with zero attached hydrogens (tertiary/aromatic N) is 2. The van der Waals surface area contributed by atoms with Crippen LogP contribution in [0.3, 0.4) is 0 Å². The van der Waals surface area contributed by atoms with Crippen molar-refractivity contribution in [2.75, 3.05) is 15.4 Å². The minimum absolute atomic E-state index is 0.00667. The summed E-state index contributed by atoms with van der Waals surface area (Å²) in [5.41, 5.74) is 0.429. The third-order valence-corrected chi connectivity index (χ3v) is 5.01. The summed E-state index contributed by atoms with van der Waals surface area (Å²) in [6.07, 6.45) is 1.46. The van der Waals surface area contributed by atoms with Gasteiger partial charge < -0.3 is 10.6 Å². The summed E-state index contributed by atoms with van der Waals surface area (Å²) in [4.78, 5) is 26.2. The SMILES string of the molecule is O=C(Nc1ccc(S(=O)(=O)Nc2ccccn2)cc1)Nc1cccc([N+](=O)[O-])c1. The summed E-state index contributed by atoms with van der Waals surface area (Å²) in [6, 6.07) is 15.2. The van der Waals surface area contributed by atoms with E-state index in [0.29, 0.717) is 5.69 Å². The molecule has 3 N–H and O–H groups in total. The number of anilines is 3. The van der Waals surface area contributed by atoms with Gasteiger partial charge in [0.25, 0.3) is 15.7 Å². The number of benzene rings is 2. The van der Waals surface area contributed by atoms with Crippen LogP contribution in [0.1, 0.15) is 0 Å². The predicted octanol–water partition coefficient (Wildman–Crippen LogP) is 3.43. The Balaban J connectivity index is 1.65. The molecule has 10 nitrogen and oxygen atoms in total. The number of non-ortho nitro benzene ring substituents is 1. The van der Waals surface area contributed by atoms with Crippen molar-refractivity contribution in [3.05, 3.63) is 83.0 Å². The number of nitro groups is 1. The van der Waals surface area contributed by atoms with Crippen LogP contribution in [-0.4, -0.2) is 24.4 Å². The van der Waals surface area contributed by atoms with Crippen molar-refractivity contribution in [1.82, 2.24) is 4.98 Å². The molecule has 0 bridgehead atoms. The second kappa shape index (κ2) is 8.35. The molecular formula is C18H15N5O5S. The van der Waals surface area contributed by atoms with E-state index in [-0.39, 0.29) is 22.1 Å². The fourth-order valence-electron chi connectivity index (χ4n) is 2.33. The Kier molecular flexibility index (Phi) is 5.69. The summed E-state index contributed by atoms with van der Waals surface area (Å²) in [5.74, 6) is 0.186. The zero-order chi connectivity index (χ0) is 20.9. The van der Waals surface area contributed by atoms with E-state index in [1.165, 1.54) is 60.8 Å². The molecule has 0 spiro atoms. The zero-order valence-corrected chi connectivity index (χ0v) is 15.6. The van der Waals surface area contributed by atoms with Crippen LogP contribution < -0.4 is 15.4 Å². The molecular weight excluding hydrogens is 398 g/mol. The van der Waals surface area contributed by atoms with E-state index in [4.69, 9.17) is 0 Å². The number of amides is 2. The van der Waals surface area contributed by atoms with E-state index in [0.717, 1.165) is 0 Å². The molecule has 0 saturated carbocycles. The van der Waals surface area contributed by atoms with Gasteiger partial charge in [0.05, 0.1) is 9.82 Å². The summed E-state index contributed by atoms with van der Waals surface area (Å²) >= 11 is 0. The van der Waals surface area contributed by atoms with Gasteiger partial charge in [0, 0.05) is 29.7 Å². The van der Waals surface area contributed by atoms with Gasteiger partial charge in [-0.2, -0.15) is 0 Å². The minimum atomic E-state index is -3.82. The van der Waals surface area contributed by atoms with Crippen molar-refractivity contribution in [2.45, 2.75) is 4.90 Å². The summed E-state index contributed by atoms with van der Waals surface area (Å²) in [6.45, 7) is 0. The van der Waals surface area contributed by atoms with Gasteiger partial charge in [-0.3, -0.25) is 14.8 Å². The molecule has 0 radical (unpaired) electrons. The molecule has 0 saturated heterocycles. The van der Waals surface area contributed by atoms with Crippen molar-refractivity contribution in [3.63, 3.8) is 0 Å². The minimum Gasteiger partial charge on any atom is -0.308 e. The number of pyridine rings is 1. The highest BCUT2D eigenvalue weighted by Crippen LogP contribution is 2.19. The lowest BCUT2D eigenvalue weighted by Gasteiger charge is -2.10. The highest BCUT2D eigenvalue weighted by molar-refractivity contribution is 7.92. The number of rotatable bonds is 6. The van der Waals surface area contributed by atoms with Crippen molar-refractivity contribution in [3.8, 4) is 0 Å². The lowest BCUT2D eigenvalue weighted by molar-refractivity contribution is -0.384. The summed E-state index contributed by atoms with van der Waals surface area (Å²) in [5, 5.41) is 15.8. The highest BCUT2D eigenvalue weighted by atomic mass is 32.2. The van der Waals surface area contributed by atoms with E-state index >= 15 is 0 Å². The smallest absolute Gasteiger partial charge is 0.308 e. The quantitative estimate of drug-likeness (QED) is 0.417. The van der Waals surface area contributed by atoms with Crippen LogP contribution in [0.5, 0.6) is 0 Å². The molecule has 0 aliphatic rings. The Hall–Kier alpha value is -3.99. The molecule has 0 aliphatic heterocycles. The number of aromatic nitrogens is 1. The molecule has 0 fully saturated rings. The molecule has 11 heteroatoms. The van der Waals surface area contributed by atoms with Crippen molar-refractivity contribution < 1.29 is 18.1 Å². The average Bonchev–Trinajstić information content (AvgIpc) is 2.69. The molecule has 29 heavy (non-hydrogen) atoms. The zero-order valence-electron chi connectivity index (χ0n) is 14.8. The molecule has 3 rings (SSSR count). The van der Waals surface area contributed by atoms with Crippen molar-refractivity contribution in [2.24, 2.45) is 0 Å². The molecule has 3 aromatic rings. The van der Waals surface area contributed by atoms with E-state index in [9.17, 15) is 23.3 Å². The second-order valence-corrected chi connectivity index (χ2v) is 7.41. The largest absolute Gasteiger partial charge is 0.323 e. The van der Waals surface area contributed by atoms with Gasteiger partial charge in [-0.25, -0.2) is 18.2 Å². The van der Waals surface area contributed by atoms with Gasteiger partial charge >= 0.3 is 6.03 Å². The van der Waals surface area contributed by atoms with E-state index in [2.05, 4.69) is 20.3 Å². The van der Waals surface area contributed by atoms with E-state index in [1.54, 1.807) is 12.1 Å². The number of nitro benzene ring substituents is 1. The standard InChI is InChI=1S/C18H15N5O5S/c24-18(21-14-4-3-5-15(12-14)23(25)26)20-13-7-9-16(10-8-13)29(27,28)22-17-6-1-2-11-19-17/h1-12H,(H,19,22)(H2,20,21,24). The van der Waals surface area contributed by atoms with Crippen LogP contribution >= 0.6 is 0 Å². The first kappa shape index (κ1) is 19.8. The molecule has 0 atom stereocenters. The predicted molar refractivity (Wildman–Crippen MR) is 107 cm³/mol. The number of hydrogen-bond donors (Lipinski definition) is 3. The molecule has 148 valence electrons. The summed E-state index contributed by atoms with van der Waals surface area (Å²) < 4.78 is 27.1. The first-order valence-corrected chi connectivity index (χ1v) is 9.68. The van der Waals surface area contributed by atoms with Crippen LogP contribution in [0.15, 0.2) is 77.8 Å². The third-order valence-electron chi connectivity index (χ3n) is 3.64. The number of hydrogen-bond acceptors (Lipinski definition) is 6. The third kappa shape index (κ3) is 5.26. The van der Waals surface area contributed by atoms with Gasteiger partial charge in [0.1, 0.15) is 5.82 Å². The fourth-order valence-corrected chi connectivity index (χ4v) is 3.34. The van der Waals surface area contributed by atoms with Gasteiger partial charge in [0.2, 0.25) is 0 Å². The Labute approximate surface area is 165 Å². The van der Waals surface area contributed by atoms with Crippen molar-refractivity contribution >= 4 is 38.9 Å². The normalized spacial score (nSPS) is 10.8. The van der Waals surface area contributed by atoms with Gasteiger partial charge in [-0.05, 0) is 42.5 Å². The van der Waals surface area contributed by atoms with Crippen LogP contribution in [0.2, 0.25) is 0 Å². The Morgan fingerprint density at radius 1 is 0.931 bits per heavy atom. The Bertz CT molecular complexity index is 1130. The molecule has 1 heterocycles. The second-order valence-electron chi connectivity index (χ2n) is 5.73. The Morgan fingerprint density at radius 3 is 2.31 bits per heavy atom. The lowest BCUT2D eigenvalue weighted by Crippen LogP contribution is -2.19. The molecule has 2 aromatic carbocycles. The highest BCUT2D eigenvalue weighted by Gasteiger charge is 2.15. The number of sulfonamides is 1. The van der Waals surface area contributed by atoms with Crippen molar-refractivity contribution in [1.29, 1.82) is 0 Å². The fraction of sp³-hybridized carbons (Fsp3) is 0. The first-order chi connectivity index (χ1) is 13.8. The molecule has 0 unspecified atom stereocenters. The maximum atomic E-state index is 12.4. The van der Waals surface area contributed by atoms with E-state index < -0.39 is 21.0 Å². The summed E-state index contributed by atoms with van der Waals surface area (Å²) in [7, 11) is -3.82. The average molecular weight is 413 g/mol. The number of urea groups is 1. The first-order valence-electron chi connectivity index (χ1n) is 8.20. The van der Waals surface area contributed by atoms with Crippen LogP contribution in [-0.2, 0) is 10.0 Å². The lowest BCUT2D eigenvalue weighted by atomic mass is 10.3. The van der Waals surface area contributed by atoms with Crippen LogP contribution in [0.25, 0.3) is 0 Å². The Morgan fingerprint density at radius 2 is 1.66 bits per heavy atom. The molecule has 1 aromatic heterocycles. The topological polar surface area (TPSA) is 143 Å². The maximum absolute atomic E-state index is 12.4. The van der Waals surface area contributed by atoms with Gasteiger partial charge in [0.15, 0.2) is 0 Å².